The van der Waals surface area contributed by atoms with Crippen LogP contribution in [0.15, 0.2) is 30.5 Å². The van der Waals surface area contributed by atoms with Crippen molar-refractivity contribution < 1.29 is 14.6 Å². The number of anilines is 1. The van der Waals surface area contributed by atoms with E-state index in [1.807, 2.05) is 32.2 Å². The van der Waals surface area contributed by atoms with Gasteiger partial charge >= 0.3 is 0 Å². The first-order chi connectivity index (χ1) is 16.1. The number of ether oxygens (including phenoxy) is 1. The van der Waals surface area contributed by atoms with E-state index < -0.39 is 0 Å². The van der Waals surface area contributed by atoms with Gasteiger partial charge in [-0.15, -0.1) is 0 Å². The summed E-state index contributed by atoms with van der Waals surface area (Å²) in [7, 11) is 3.45. The van der Waals surface area contributed by atoms with E-state index in [-0.39, 0.29) is 18.9 Å². The Morgan fingerprint density at radius 3 is 2.48 bits per heavy atom. The van der Waals surface area contributed by atoms with Crippen molar-refractivity contribution in [2.45, 2.75) is 57.8 Å². The minimum absolute atomic E-state index is 0.0259. The van der Waals surface area contributed by atoms with Gasteiger partial charge in [-0.3, -0.25) is 4.79 Å². The molecule has 0 bridgehead atoms. The third-order valence-corrected chi connectivity index (χ3v) is 6.38. The fourth-order valence-electron chi connectivity index (χ4n) is 4.33. The van der Waals surface area contributed by atoms with Gasteiger partial charge in [-0.05, 0) is 43.2 Å². The largest absolute Gasteiger partial charge is 0.496 e. The Bertz CT molecular complexity index is 908. The van der Waals surface area contributed by atoms with Crippen molar-refractivity contribution in [1.29, 1.82) is 0 Å². The number of carbonyl (C=O) groups excluding carboxylic acids is 1. The average Bonchev–Trinajstić information content (AvgIpc) is 3.71. The number of amides is 1. The predicted octanol–water partition coefficient (Wildman–Crippen LogP) is 3.77. The molecule has 33 heavy (non-hydrogen) atoms. The second-order valence-corrected chi connectivity index (χ2v) is 8.57. The van der Waals surface area contributed by atoms with E-state index in [4.69, 9.17) is 14.8 Å². The molecule has 1 saturated heterocycles. The number of hydrogen-bond acceptors (Lipinski definition) is 6. The Kier molecular flexibility index (Phi) is 9.06. The molecule has 0 spiro atoms. The number of hydrogen-bond donors (Lipinski definition) is 1. The highest BCUT2D eigenvalue weighted by molar-refractivity contribution is 5.80. The monoisotopic (exact) mass is 454 g/mol. The van der Waals surface area contributed by atoms with Crippen molar-refractivity contribution in [1.82, 2.24) is 14.9 Å². The molecular weight excluding hydrogens is 416 g/mol. The van der Waals surface area contributed by atoms with Gasteiger partial charge < -0.3 is 19.6 Å². The highest BCUT2D eigenvalue weighted by atomic mass is 16.5. The summed E-state index contributed by atoms with van der Waals surface area (Å²) in [6.45, 7) is 6.07. The van der Waals surface area contributed by atoms with Crippen molar-refractivity contribution in [2.75, 3.05) is 45.3 Å². The molecule has 1 aromatic heterocycles. The number of para-hydroxylation sites is 1. The van der Waals surface area contributed by atoms with Crippen LogP contribution in [0.1, 0.15) is 68.3 Å². The predicted molar refractivity (Wildman–Crippen MR) is 131 cm³/mol. The Balaban J connectivity index is 0.00000149. The standard InChI is InChI=1S/C24H32N4O3.C2H6/c1-27(13-14-29)22(30)15-19-16-25-23(18-7-8-18)26-24(19)28-11-9-17(10-12-28)20-5-3-4-6-21(20)31-2;1-2/h3-6,16-18,29H,7-15H2,1-2H3;1-2H3. The highest BCUT2D eigenvalue weighted by Gasteiger charge is 2.30. The SMILES string of the molecule is CC.COc1ccccc1C1CCN(c2nc(C3CC3)ncc2CC(=O)N(C)CCO)CC1. The van der Waals surface area contributed by atoms with E-state index in [1.165, 1.54) is 5.56 Å². The van der Waals surface area contributed by atoms with E-state index in [0.717, 1.165) is 61.7 Å². The quantitative estimate of drug-likeness (QED) is 0.654. The van der Waals surface area contributed by atoms with Gasteiger partial charge in [0.15, 0.2) is 0 Å². The van der Waals surface area contributed by atoms with Crippen LogP contribution in [0, 0.1) is 0 Å². The summed E-state index contributed by atoms with van der Waals surface area (Å²) < 4.78 is 5.57. The molecule has 0 unspecified atom stereocenters. The van der Waals surface area contributed by atoms with Crippen LogP contribution in [0.4, 0.5) is 5.82 Å². The lowest BCUT2D eigenvalue weighted by Gasteiger charge is -2.34. The zero-order chi connectivity index (χ0) is 23.8. The molecule has 4 rings (SSSR count). The number of methoxy groups -OCH3 is 1. The van der Waals surface area contributed by atoms with Crippen molar-refractivity contribution in [3.63, 3.8) is 0 Å². The lowest BCUT2D eigenvalue weighted by atomic mass is 9.88. The fraction of sp³-hybridized carbons (Fsp3) is 0.577. The van der Waals surface area contributed by atoms with Crippen molar-refractivity contribution >= 4 is 11.7 Å². The molecule has 2 aliphatic rings. The van der Waals surface area contributed by atoms with Crippen LogP contribution >= 0.6 is 0 Å². The Morgan fingerprint density at radius 1 is 1.15 bits per heavy atom. The molecule has 7 nitrogen and oxygen atoms in total. The van der Waals surface area contributed by atoms with E-state index >= 15 is 0 Å². The number of rotatable bonds is 8. The maximum absolute atomic E-state index is 12.6. The maximum Gasteiger partial charge on any atom is 0.227 e. The Hall–Kier alpha value is -2.67. The molecule has 7 heteroatoms. The molecule has 0 radical (unpaired) electrons. The molecule has 1 saturated carbocycles. The third kappa shape index (κ3) is 6.22. The zero-order valence-electron chi connectivity index (χ0n) is 20.5. The van der Waals surface area contributed by atoms with Gasteiger partial charge in [0.2, 0.25) is 5.91 Å². The number of benzene rings is 1. The summed E-state index contributed by atoms with van der Waals surface area (Å²) in [5, 5.41) is 9.13. The lowest BCUT2D eigenvalue weighted by Crippen LogP contribution is -2.36. The summed E-state index contributed by atoms with van der Waals surface area (Å²) in [5.41, 5.74) is 2.14. The Morgan fingerprint density at radius 2 is 1.85 bits per heavy atom. The van der Waals surface area contributed by atoms with Crippen LogP contribution in [0.5, 0.6) is 5.75 Å². The molecule has 2 aromatic rings. The summed E-state index contributed by atoms with van der Waals surface area (Å²) in [5.74, 6) is 3.66. The minimum atomic E-state index is -0.0390. The number of nitrogens with zero attached hydrogens (tertiary/aromatic N) is 4. The van der Waals surface area contributed by atoms with Crippen LogP contribution in [0.25, 0.3) is 0 Å². The first-order valence-electron chi connectivity index (χ1n) is 12.2. The topological polar surface area (TPSA) is 78.8 Å². The molecule has 1 aliphatic carbocycles. The van der Waals surface area contributed by atoms with Crippen molar-refractivity contribution in [3.05, 3.63) is 47.4 Å². The number of carbonyl (C=O) groups is 1. The minimum Gasteiger partial charge on any atom is -0.496 e. The van der Waals surface area contributed by atoms with Gasteiger partial charge in [0.1, 0.15) is 17.4 Å². The van der Waals surface area contributed by atoms with E-state index in [0.29, 0.717) is 18.4 Å². The number of aliphatic hydroxyl groups excluding tert-OH is 1. The van der Waals surface area contributed by atoms with Gasteiger partial charge in [-0.2, -0.15) is 0 Å². The van der Waals surface area contributed by atoms with E-state index in [2.05, 4.69) is 22.0 Å². The zero-order valence-corrected chi connectivity index (χ0v) is 20.5. The summed E-state index contributed by atoms with van der Waals surface area (Å²) in [4.78, 5) is 26.0. The molecular formula is C26H38N4O3. The molecule has 1 aromatic carbocycles. The summed E-state index contributed by atoms with van der Waals surface area (Å²) >= 11 is 0. The average molecular weight is 455 g/mol. The molecule has 1 amide bonds. The van der Waals surface area contributed by atoms with Gasteiger partial charge in [-0.1, -0.05) is 32.0 Å². The maximum atomic E-state index is 12.6. The summed E-state index contributed by atoms with van der Waals surface area (Å²) in [6.07, 6.45) is 6.41. The number of aromatic nitrogens is 2. The first kappa shape index (κ1) is 25.0. The van der Waals surface area contributed by atoms with Crippen molar-refractivity contribution in [3.8, 4) is 5.75 Å². The number of aliphatic hydroxyl groups is 1. The fourth-order valence-corrected chi connectivity index (χ4v) is 4.33. The molecule has 0 atom stereocenters. The molecule has 180 valence electrons. The van der Waals surface area contributed by atoms with Crippen LogP contribution in [-0.4, -0.2) is 66.3 Å². The van der Waals surface area contributed by atoms with Crippen molar-refractivity contribution in [2.24, 2.45) is 0 Å². The van der Waals surface area contributed by atoms with E-state index in [9.17, 15) is 4.79 Å². The van der Waals surface area contributed by atoms with Gasteiger partial charge in [-0.25, -0.2) is 9.97 Å². The van der Waals surface area contributed by atoms with Crippen LogP contribution in [0.3, 0.4) is 0 Å². The van der Waals surface area contributed by atoms with E-state index in [1.54, 1.807) is 19.1 Å². The van der Waals surface area contributed by atoms with Gasteiger partial charge in [0.05, 0.1) is 20.1 Å². The van der Waals surface area contributed by atoms with Crippen LogP contribution in [-0.2, 0) is 11.2 Å². The van der Waals surface area contributed by atoms with Crippen LogP contribution in [0.2, 0.25) is 0 Å². The highest BCUT2D eigenvalue weighted by Crippen LogP contribution is 2.40. The smallest absolute Gasteiger partial charge is 0.227 e. The van der Waals surface area contributed by atoms with Gasteiger partial charge in [0, 0.05) is 44.4 Å². The molecule has 2 fully saturated rings. The second kappa shape index (κ2) is 12.0. The molecule has 1 N–H and O–H groups in total. The Labute approximate surface area is 197 Å². The normalized spacial score (nSPS) is 16.1. The first-order valence-corrected chi connectivity index (χ1v) is 12.2. The van der Waals surface area contributed by atoms with Crippen LogP contribution < -0.4 is 9.64 Å². The molecule has 2 heterocycles. The van der Waals surface area contributed by atoms with Gasteiger partial charge in [0.25, 0.3) is 0 Å². The molecule has 1 aliphatic heterocycles. The number of likely N-dealkylation sites (N-methyl/N-ethyl adjacent to an activating group) is 1. The second-order valence-electron chi connectivity index (χ2n) is 8.57. The summed E-state index contributed by atoms with van der Waals surface area (Å²) in [6, 6.07) is 8.27. The number of piperidine rings is 1. The lowest BCUT2D eigenvalue weighted by molar-refractivity contribution is -0.129. The third-order valence-electron chi connectivity index (χ3n) is 6.38.